The zero-order valence-corrected chi connectivity index (χ0v) is 17.7. The Morgan fingerprint density at radius 1 is 0.865 bits per heavy atom. The second kappa shape index (κ2) is 7.91. The van der Waals surface area contributed by atoms with Crippen LogP contribution in [0.4, 0.5) is 43.9 Å². The fraction of sp³-hybridized carbons (Fsp3) is 0.136. The molecule has 15 heteroatoms. The highest BCUT2D eigenvalue weighted by molar-refractivity contribution is 5.85. The Balaban J connectivity index is 1.76. The van der Waals surface area contributed by atoms with Gasteiger partial charge in [0.25, 0.3) is 0 Å². The Kier molecular flexibility index (Phi) is 5.24. The van der Waals surface area contributed by atoms with E-state index in [0.717, 1.165) is 35.1 Å². The molecule has 3 aromatic heterocycles. The maximum Gasteiger partial charge on any atom is 0.458 e. The number of nitrogens with one attached hydrogen (secondary N) is 1. The van der Waals surface area contributed by atoms with E-state index in [1.807, 2.05) is 0 Å². The van der Waals surface area contributed by atoms with Crippen LogP contribution in [-0.4, -0.2) is 30.7 Å². The number of alkyl halides is 8. The van der Waals surface area contributed by atoms with Crippen molar-refractivity contribution in [1.29, 1.82) is 0 Å². The van der Waals surface area contributed by atoms with Crippen LogP contribution in [0.15, 0.2) is 48.9 Å². The van der Waals surface area contributed by atoms with Crippen molar-refractivity contribution >= 4 is 16.6 Å². The third-order valence-corrected chi connectivity index (χ3v) is 5.55. The molecule has 192 valence electrons. The fourth-order valence-corrected chi connectivity index (χ4v) is 3.80. The second-order valence-corrected chi connectivity index (χ2v) is 7.83. The number of rotatable bonds is 3. The van der Waals surface area contributed by atoms with Crippen molar-refractivity contribution in [3.63, 3.8) is 0 Å². The minimum Gasteiger partial charge on any atom is -0.295 e. The summed E-state index contributed by atoms with van der Waals surface area (Å²) in [7, 11) is 0. The second-order valence-electron chi connectivity index (χ2n) is 7.83. The van der Waals surface area contributed by atoms with Gasteiger partial charge < -0.3 is 0 Å². The lowest BCUT2D eigenvalue weighted by Gasteiger charge is -2.21. The molecule has 0 amide bonds. The first kappa shape index (κ1) is 24.5. The Morgan fingerprint density at radius 2 is 1.59 bits per heavy atom. The topological polar surface area (TPSA) is 58.9 Å². The molecule has 5 rings (SSSR count). The molecular formula is C22H9F10N5. The number of hydrogen-bond donors (Lipinski definition) is 1. The van der Waals surface area contributed by atoms with Crippen molar-refractivity contribution in [1.82, 2.24) is 24.6 Å². The summed E-state index contributed by atoms with van der Waals surface area (Å²) in [6.07, 6.45) is -8.51. The average Bonchev–Trinajstić information content (AvgIpc) is 3.43. The molecule has 0 fully saturated rings. The van der Waals surface area contributed by atoms with Crippen molar-refractivity contribution in [2.45, 2.75) is 18.3 Å². The number of H-pyrrole nitrogens is 1. The molecule has 0 bridgehead atoms. The summed E-state index contributed by atoms with van der Waals surface area (Å²) in [6.45, 7) is 0. The van der Waals surface area contributed by atoms with E-state index < -0.39 is 69.3 Å². The van der Waals surface area contributed by atoms with Crippen molar-refractivity contribution in [3.05, 3.63) is 71.8 Å². The molecule has 5 aromatic rings. The van der Waals surface area contributed by atoms with Crippen LogP contribution in [0.1, 0.15) is 11.3 Å². The number of aromatic nitrogens is 5. The number of fused-ring (bicyclic) bond motifs is 2. The minimum absolute atomic E-state index is 0.132. The lowest BCUT2D eigenvalue weighted by Crippen LogP contribution is -2.34. The lowest BCUT2D eigenvalue weighted by molar-refractivity contribution is -0.290. The molecule has 0 spiro atoms. The van der Waals surface area contributed by atoms with Crippen LogP contribution in [0.5, 0.6) is 0 Å². The summed E-state index contributed by atoms with van der Waals surface area (Å²) >= 11 is 0. The van der Waals surface area contributed by atoms with Gasteiger partial charge in [0.2, 0.25) is 0 Å². The lowest BCUT2D eigenvalue weighted by atomic mass is 10.0. The van der Waals surface area contributed by atoms with Crippen molar-refractivity contribution in [2.75, 3.05) is 0 Å². The zero-order valence-electron chi connectivity index (χ0n) is 17.7. The molecule has 1 N–H and O–H groups in total. The highest BCUT2D eigenvalue weighted by atomic mass is 19.4. The summed E-state index contributed by atoms with van der Waals surface area (Å²) in [6, 6.07) is 3.66. The quantitative estimate of drug-likeness (QED) is 0.257. The average molecular weight is 533 g/mol. The predicted octanol–water partition coefficient (Wildman–Crippen LogP) is 6.89. The summed E-state index contributed by atoms with van der Waals surface area (Å²) < 4.78 is 138. The molecule has 0 radical (unpaired) electrons. The van der Waals surface area contributed by atoms with Crippen LogP contribution in [0.3, 0.4) is 0 Å². The van der Waals surface area contributed by atoms with E-state index in [1.54, 1.807) is 0 Å². The predicted molar refractivity (Wildman–Crippen MR) is 108 cm³/mol. The number of benzene rings is 2. The van der Waals surface area contributed by atoms with Gasteiger partial charge in [-0.15, -0.1) is 0 Å². The van der Waals surface area contributed by atoms with Gasteiger partial charge in [0.05, 0.1) is 40.2 Å². The molecule has 0 atom stereocenters. The molecule has 0 saturated carbocycles. The molecular weight excluding hydrogens is 524 g/mol. The van der Waals surface area contributed by atoms with Gasteiger partial charge >= 0.3 is 18.3 Å². The SMILES string of the molecule is Fc1ccc(-c2cn3c(-c4ccc5[nH]ncc5c4F)c(C(F)(F)F)nc3cn2)cc1C(F)(F)C(F)(F)F. The molecule has 0 unspecified atom stereocenters. The van der Waals surface area contributed by atoms with E-state index >= 15 is 4.39 Å². The first-order valence-corrected chi connectivity index (χ1v) is 10.0. The number of imidazole rings is 1. The number of aromatic amines is 1. The van der Waals surface area contributed by atoms with E-state index in [0.29, 0.717) is 6.07 Å². The Morgan fingerprint density at radius 3 is 2.27 bits per heavy atom. The van der Waals surface area contributed by atoms with Gasteiger partial charge in [-0.1, -0.05) is 0 Å². The number of halogens is 10. The van der Waals surface area contributed by atoms with E-state index in [9.17, 15) is 39.5 Å². The fourth-order valence-electron chi connectivity index (χ4n) is 3.80. The van der Waals surface area contributed by atoms with Crippen LogP contribution in [-0.2, 0) is 12.1 Å². The smallest absolute Gasteiger partial charge is 0.295 e. The van der Waals surface area contributed by atoms with Crippen LogP contribution < -0.4 is 0 Å². The molecule has 37 heavy (non-hydrogen) atoms. The zero-order chi connectivity index (χ0) is 26.9. The molecule has 2 aromatic carbocycles. The maximum atomic E-state index is 15.2. The highest BCUT2D eigenvalue weighted by Gasteiger charge is 2.60. The van der Waals surface area contributed by atoms with Crippen molar-refractivity contribution in [2.24, 2.45) is 0 Å². The van der Waals surface area contributed by atoms with Gasteiger partial charge in [0, 0.05) is 17.3 Å². The maximum absolute atomic E-state index is 15.2. The Labute approximate surface area is 198 Å². The summed E-state index contributed by atoms with van der Waals surface area (Å²) in [5, 5.41) is 5.96. The monoisotopic (exact) mass is 533 g/mol. The van der Waals surface area contributed by atoms with Crippen molar-refractivity contribution in [3.8, 4) is 22.5 Å². The van der Waals surface area contributed by atoms with E-state index in [2.05, 4.69) is 20.2 Å². The van der Waals surface area contributed by atoms with E-state index in [4.69, 9.17) is 0 Å². The molecule has 0 aliphatic heterocycles. The van der Waals surface area contributed by atoms with E-state index in [-0.39, 0.29) is 17.0 Å². The van der Waals surface area contributed by atoms with Crippen molar-refractivity contribution < 1.29 is 43.9 Å². The van der Waals surface area contributed by atoms with Gasteiger partial charge in [-0.2, -0.15) is 40.2 Å². The van der Waals surface area contributed by atoms with Gasteiger partial charge in [-0.3, -0.25) is 14.5 Å². The standard InChI is InChI=1S/C22H9F10N5/c23-13-3-1-9(5-12(13)20(25,26)22(30,31)32)15-8-37-16(7-33-15)35-19(21(27,28)29)18(37)10-2-4-14-11(17(10)24)6-34-36-14/h1-8H,(H,34,36). The van der Waals surface area contributed by atoms with Crippen LogP contribution in [0.2, 0.25) is 0 Å². The normalized spacial score (nSPS) is 13.1. The van der Waals surface area contributed by atoms with Gasteiger partial charge in [-0.05, 0) is 30.3 Å². The molecule has 0 saturated heterocycles. The Hall–Kier alpha value is -4.17. The largest absolute Gasteiger partial charge is 0.458 e. The first-order valence-electron chi connectivity index (χ1n) is 10.0. The van der Waals surface area contributed by atoms with E-state index in [1.165, 1.54) is 6.07 Å². The number of nitrogens with zero attached hydrogens (tertiary/aromatic N) is 4. The summed E-state index contributed by atoms with van der Waals surface area (Å²) in [5.74, 6) is -8.50. The summed E-state index contributed by atoms with van der Waals surface area (Å²) in [4.78, 5) is 7.24. The third-order valence-electron chi connectivity index (χ3n) is 5.55. The van der Waals surface area contributed by atoms with Gasteiger partial charge in [0.15, 0.2) is 11.3 Å². The van der Waals surface area contributed by atoms with Gasteiger partial charge in [-0.25, -0.2) is 13.8 Å². The molecule has 3 heterocycles. The number of hydrogen-bond acceptors (Lipinski definition) is 3. The van der Waals surface area contributed by atoms with Crippen LogP contribution in [0, 0.1) is 11.6 Å². The Bertz CT molecular complexity index is 1660. The molecule has 0 aliphatic carbocycles. The van der Waals surface area contributed by atoms with Crippen LogP contribution in [0.25, 0.3) is 39.1 Å². The first-order chi connectivity index (χ1) is 17.2. The van der Waals surface area contributed by atoms with Crippen LogP contribution >= 0.6 is 0 Å². The molecule has 5 nitrogen and oxygen atoms in total. The summed E-state index contributed by atoms with van der Waals surface area (Å²) in [5.41, 5.74) is -5.96. The minimum atomic E-state index is -6.12. The molecule has 0 aliphatic rings. The highest BCUT2D eigenvalue weighted by Crippen LogP contribution is 2.46. The van der Waals surface area contributed by atoms with Gasteiger partial charge in [0.1, 0.15) is 11.6 Å². The third kappa shape index (κ3) is 3.84.